The number of hydrogen-bond donors (Lipinski definition) is 2. The van der Waals surface area contributed by atoms with Crippen molar-refractivity contribution in [3.05, 3.63) is 57.3 Å². The third-order valence-corrected chi connectivity index (χ3v) is 4.70. The van der Waals surface area contributed by atoms with Gasteiger partial charge in [0.15, 0.2) is 0 Å². The molecule has 0 saturated carbocycles. The van der Waals surface area contributed by atoms with Gasteiger partial charge in [-0.15, -0.1) is 0 Å². The number of hydrogen-bond acceptors (Lipinski definition) is 4. The molecule has 0 atom stereocenters. The average Bonchev–Trinajstić information content (AvgIpc) is 2.51. The Hall–Kier alpha value is -2.11. The Morgan fingerprint density at radius 1 is 1.42 bits per heavy atom. The van der Waals surface area contributed by atoms with Gasteiger partial charge >= 0.3 is 0 Å². The number of anilines is 1. The molecule has 0 bridgehead atoms. The van der Waals surface area contributed by atoms with Gasteiger partial charge in [-0.2, -0.15) is 0 Å². The van der Waals surface area contributed by atoms with E-state index in [2.05, 4.69) is 40.9 Å². The Kier molecular flexibility index (Phi) is 6.58. The molecule has 1 fully saturated rings. The summed E-state index contributed by atoms with van der Waals surface area (Å²) in [7, 11) is 0. The standard InChI is InChI=1S/C19H23N3OS/c1-5-14(17(6-2)24-7-3)8-15-9-18(21-10-13(15)4)22-19(23)16-11-20-12-16/h5-10,16,20H,3-4,11-12H2,1-2H3,(H,22,23)/b14-5+,15-8-,17-6-. The van der Waals surface area contributed by atoms with Crippen LogP contribution in [0.3, 0.4) is 0 Å². The molecule has 0 aromatic carbocycles. The van der Waals surface area contributed by atoms with Crippen LogP contribution in [-0.2, 0) is 4.79 Å². The summed E-state index contributed by atoms with van der Waals surface area (Å²) < 4.78 is 0. The molecule has 5 heteroatoms. The molecule has 1 saturated heterocycles. The van der Waals surface area contributed by atoms with E-state index in [-0.39, 0.29) is 11.8 Å². The van der Waals surface area contributed by atoms with E-state index in [1.807, 2.05) is 31.4 Å². The van der Waals surface area contributed by atoms with Crippen LogP contribution in [0.5, 0.6) is 0 Å². The normalized spacial score (nSPS) is 16.7. The van der Waals surface area contributed by atoms with Crippen LogP contribution in [0.15, 0.2) is 46.9 Å². The predicted octanol–water partition coefficient (Wildman–Crippen LogP) is 2.16. The molecular weight excluding hydrogens is 318 g/mol. The molecule has 1 aliphatic rings. The van der Waals surface area contributed by atoms with E-state index < -0.39 is 0 Å². The van der Waals surface area contributed by atoms with Crippen LogP contribution in [0.2, 0.25) is 0 Å². The van der Waals surface area contributed by atoms with Crippen molar-refractivity contribution in [1.29, 1.82) is 0 Å². The number of pyridine rings is 1. The zero-order valence-electron chi connectivity index (χ0n) is 14.1. The molecule has 2 heterocycles. The Bertz CT molecular complexity index is 791. The minimum atomic E-state index is 0.00613. The van der Waals surface area contributed by atoms with Crippen LogP contribution in [0.25, 0.3) is 12.7 Å². The summed E-state index contributed by atoms with van der Waals surface area (Å²) in [6, 6.07) is 1.86. The zero-order chi connectivity index (χ0) is 17.5. The molecule has 2 N–H and O–H groups in total. The first-order valence-corrected chi connectivity index (χ1v) is 8.75. The van der Waals surface area contributed by atoms with Gasteiger partial charge in [-0.1, -0.05) is 37.1 Å². The van der Waals surface area contributed by atoms with E-state index in [9.17, 15) is 4.79 Å². The third kappa shape index (κ3) is 4.46. The van der Waals surface area contributed by atoms with E-state index in [4.69, 9.17) is 0 Å². The fourth-order valence-electron chi connectivity index (χ4n) is 2.26. The highest BCUT2D eigenvalue weighted by Crippen LogP contribution is 2.25. The summed E-state index contributed by atoms with van der Waals surface area (Å²) >= 11 is 1.58. The fraction of sp³-hybridized carbons (Fsp3) is 0.263. The second-order valence-corrected chi connectivity index (χ2v) is 6.45. The second kappa shape index (κ2) is 8.66. The van der Waals surface area contributed by atoms with Crippen molar-refractivity contribution in [2.24, 2.45) is 5.92 Å². The van der Waals surface area contributed by atoms with Gasteiger partial charge in [-0.05, 0) is 47.4 Å². The quantitative estimate of drug-likeness (QED) is 0.779. The Balaban J connectivity index is 2.31. The SMILES string of the molecule is C=CSC(=C\C)/C(/C=c1/cc(NC(=O)C2CNC2)ncc1=C)=C/C. The van der Waals surface area contributed by atoms with Crippen LogP contribution in [-0.4, -0.2) is 24.0 Å². The predicted molar refractivity (Wildman–Crippen MR) is 104 cm³/mol. The van der Waals surface area contributed by atoms with Gasteiger partial charge in [-0.25, -0.2) is 4.98 Å². The second-order valence-electron chi connectivity index (χ2n) is 5.44. The Morgan fingerprint density at radius 3 is 2.71 bits per heavy atom. The molecule has 126 valence electrons. The number of nitrogens with zero attached hydrogens (tertiary/aromatic N) is 1. The molecule has 0 radical (unpaired) electrons. The molecule has 0 spiro atoms. The van der Waals surface area contributed by atoms with Gasteiger partial charge in [0.05, 0.1) is 5.92 Å². The highest BCUT2D eigenvalue weighted by Gasteiger charge is 2.24. The lowest BCUT2D eigenvalue weighted by molar-refractivity contribution is -0.121. The van der Waals surface area contributed by atoms with E-state index in [0.717, 1.165) is 34.0 Å². The van der Waals surface area contributed by atoms with Crippen LogP contribution in [0, 0.1) is 5.92 Å². The number of allylic oxidation sites excluding steroid dienone is 3. The summed E-state index contributed by atoms with van der Waals surface area (Å²) in [5.74, 6) is 0.592. The monoisotopic (exact) mass is 341 g/mol. The van der Waals surface area contributed by atoms with Gasteiger partial charge in [0.2, 0.25) is 5.91 Å². The van der Waals surface area contributed by atoms with E-state index in [0.29, 0.717) is 5.82 Å². The Labute approximate surface area is 147 Å². The number of carbonyl (C=O) groups excluding carboxylic acids is 1. The van der Waals surface area contributed by atoms with Crippen molar-refractivity contribution in [2.45, 2.75) is 13.8 Å². The van der Waals surface area contributed by atoms with Crippen LogP contribution in [0.1, 0.15) is 13.8 Å². The van der Waals surface area contributed by atoms with Gasteiger partial charge in [-0.3, -0.25) is 4.79 Å². The van der Waals surface area contributed by atoms with Gasteiger partial charge in [0.25, 0.3) is 0 Å². The molecule has 1 aromatic rings. The van der Waals surface area contributed by atoms with E-state index in [1.165, 1.54) is 0 Å². The van der Waals surface area contributed by atoms with Crippen LogP contribution >= 0.6 is 11.8 Å². The molecule has 1 aromatic heterocycles. The van der Waals surface area contributed by atoms with Crippen molar-refractivity contribution in [1.82, 2.24) is 10.3 Å². The third-order valence-electron chi connectivity index (χ3n) is 3.81. The highest BCUT2D eigenvalue weighted by molar-refractivity contribution is 8.06. The molecule has 1 aliphatic heterocycles. The lowest BCUT2D eigenvalue weighted by Gasteiger charge is -2.25. The van der Waals surface area contributed by atoms with E-state index >= 15 is 0 Å². The number of aromatic nitrogens is 1. The number of carbonyl (C=O) groups is 1. The van der Waals surface area contributed by atoms with Gasteiger partial charge < -0.3 is 10.6 Å². The molecule has 24 heavy (non-hydrogen) atoms. The number of thioether (sulfide) groups is 1. The highest BCUT2D eigenvalue weighted by atomic mass is 32.2. The summed E-state index contributed by atoms with van der Waals surface area (Å²) in [5, 5.41) is 9.53. The summed E-state index contributed by atoms with van der Waals surface area (Å²) in [5.41, 5.74) is 1.08. The van der Waals surface area contributed by atoms with Crippen LogP contribution in [0.4, 0.5) is 5.82 Å². The van der Waals surface area contributed by atoms with Crippen molar-refractivity contribution in [3.8, 4) is 0 Å². The fourth-order valence-corrected chi connectivity index (χ4v) is 2.89. The van der Waals surface area contributed by atoms with Crippen molar-refractivity contribution < 1.29 is 4.79 Å². The average molecular weight is 341 g/mol. The van der Waals surface area contributed by atoms with Crippen molar-refractivity contribution in [2.75, 3.05) is 18.4 Å². The summed E-state index contributed by atoms with van der Waals surface area (Å²) in [6.45, 7) is 13.3. The molecule has 4 nitrogen and oxygen atoms in total. The molecule has 0 unspecified atom stereocenters. The summed E-state index contributed by atoms with van der Waals surface area (Å²) in [4.78, 5) is 17.4. The lowest BCUT2D eigenvalue weighted by atomic mass is 10.0. The lowest BCUT2D eigenvalue weighted by Crippen LogP contribution is -2.48. The van der Waals surface area contributed by atoms with Crippen molar-refractivity contribution >= 4 is 36.1 Å². The van der Waals surface area contributed by atoms with Crippen molar-refractivity contribution in [3.63, 3.8) is 0 Å². The smallest absolute Gasteiger partial charge is 0.231 e. The molecule has 1 amide bonds. The minimum absolute atomic E-state index is 0.00613. The topological polar surface area (TPSA) is 54.0 Å². The molecule has 0 aliphatic carbocycles. The number of amides is 1. The Morgan fingerprint density at radius 2 is 2.17 bits per heavy atom. The summed E-state index contributed by atoms with van der Waals surface area (Å²) in [6.07, 6.45) is 7.83. The van der Waals surface area contributed by atoms with E-state index in [1.54, 1.807) is 18.0 Å². The maximum absolute atomic E-state index is 12.1. The maximum Gasteiger partial charge on any atom is 0.231 e. The number of nitrogens with one attached hydrogen (secondary N) is 2. The van der Waals surface area contributed by atoms with Gasteiger partial charge in [0, 0.05) is 24.2 Å². The van der Waals surface area contributed by atoms with Gasteiger partial charge in [0.1, 0.15) is 5.82 Å². The zero-order valence-corrected chi connectivity index (χ0v) is 15.0. The minimum Gasteiger partial charge on any atom is -0.315 e. The first-order chi connectivity index (χ1) is 11.6. The van der Waals surface area contributed by atoms with Crippen LogP contribution < -0.4 is 21.1 Å². The first kappa shape index (κ1) is 18.2. The maximum atomic E-state index is 12.1. The largest absolute Gasteiger partial charge is 0.315 e. The molecular formula is C19H23N3OS. The number of rotatable bonds is 6. The molecule has 2 rings (SSSR count). The first-order valence-electron chi connectivity index (χ1n) is 7.88.